The van der Waals surface area contributed by atoms with Crippen molar-refractivity contribution in [3.05, 3.63) is 29.3 Å². The number of aromatic hydroxyl groups is 1. The highest BCUT2D eigenvalue weighted by Gasteiger charge is 2.46. The van der Waals surface area contributed by atoms with Gasteiger partial charge in [-0.25, -0.2) is 4.79 Å². The summed E-state index contributed by atoms with van der Waals surface area (Å²) in [5.74, 6) is -3.21. The van der Waals surface area contributed by atoms with Gasteiger partial charge in [0.15, 0.2) is 0 Å². The number of phenols is 1. The standard InChI is InChI=1S/C14H14F3NO4/c1-22-13(21)8-2-3-9(11(19)4-8)6-18-7-10(5-12(18)20)14(15,16)17/h2-4,10,19H,5-7H2,1H3. The lowest BCUT2D eigenvalue weighted by Crippen LogP contribution is -2.28. The maximum Gasteiger partial charge on any atom is 0.394 e. The Morgan fingerprint density at radius 2 is 2.14 bits per heavy atom. The Morgan fingerprint density at radius 1 is 1.45 bits per heavy atom. The number of likely N-dealkylation sites (tertiary alicyclic amines) is 1. The number of nitrogens with zero attached hydrogens (tertiary/aromatic N) is 1. The molecule has 1 saturated heterocycles. The molecule has 2 rings (SSSR count). The molecule has 120 valence electrons. The Bertz CT molecular complexity index is 600. The lowest BCUT2D eigenvalue weighted by molar-refractivity contribution is -0.171. The third kappa shape index (κ3) is 3.32. The van der Waals surface area contributed by atoms with E-state index >= 15 is 0 Å². The van der Waals surface area contributed by atoms with Crippen molar-refractivity contribution in [1.29, 1.82) is 0 Å². The van der Waals surface area contributed by atoms with Gasteiger partial charge in [0.25, 0.3) is 0 Å². The van der Waals surface area contributed by atoms with E-state index in [1.807, 2.05) is 0 Å². The van der Waals surface area contributed by atoms with Crippen LogP contribution in [0.2, 0.25) is 0 Å². The largest absolute Gasteiger partial charge is 0.508 e. The normalized spacial score (nSPS) is 18.6. The van der Waals surface area contributed by atoms with Crippen LogP contribution >= 0.6 is 0 Å². The smallest absolute Gasteiger partial charge is 0.394 e. The summed E-state index contributed by atoms with van der Waals surface area (Å²) < 4.78 is 42.4. The van der Waals surface area contributed by atoms with Gasteiger partial charge in [0.1, 0.15) is 5.75 Å². The topological polar surface area (TPSA) is 66.8 Å². The van der Waals surface area contributed by atoms with Crippen LogP contribution in [0.5, 0.6) is 5.75 Å². The van der Waals surface area contributed by atoms with Crippen molar-refractivity contribution in [3.8, 4) is 5.75 Å². The predicted octanol–water partition coefficient (Wildman–Crippen LogP) is 2.09. The summed E-state index contributed by atoms with van der Waals surface area (Å²) in [5.41, 5.74) is 0.383. The van der Waals surface area contributed by atoms with Gasteiger partial charge in [-0.3, -0.25) is 4.79 Å². The number of hydrogen-bond acceptors (Lipinski definition) is 4. The predicted molar refractivity (Wildman–Crippen MR) is 69.0 cm³/mol. The van der Waals surface area contributed by atoms with Gasteiger partial charge in [0.2, 0.25) is 5.91 Å². The molecule has 1 aliphatic rings. The SMILES string of the molecule is COC(=O)c1ccc(CN2CC(C(F)(F)F)CC2=O)c(O)c1. The fourth-order valence-electron chi connectivity index (χ4n) is 2.29. The molecule has 1 atom stereocenters. The van der Waals surface area contributed by atoms with Gasteiger partial charge in [-0.05, 0) is 12.1 Å². The van der Waals surface area contributed by atoms with Crippen molar-refractivity contribution >= 4 is 11.9 Å². The number of esters is 1. The summed E-state index contributed by atoms with van der Waals surface area (Å²) in [5, 5.41) is 9.84. The number of ether oxygens (including phenoxy) is 1. The lowest BCUT2D eigenvalue weighted by Gasteiger charge is -2.18. The molecule has 1 aromatic carbocycles. The van der Waals surface area contributed by atoms with Crippen LogP contribution in [0.4, 0.5) is 13.2 Å². The van der Waals surface area contributed by atoms with E-state index in [0.717, 1.165) is 11.0 Å². The van der Waals surface area contributed by atoms with Crippen molar-refractivity contribution in [2.45, 2.75) is 19.1 Å². The minimum Gasteiger partial charge on any atom is -0.508 e. The number of amides is 1. The summed E-state index contributed by atoms with van der Waals surface area (Å²) in [6, 6.07) is 3.92. The number of rotatable bonds is 3. The fourth-order valence-corrected chi connectivity index (χ4v) is 2.29. The molecule has 1 aromatic rings. The molecule has 1 amide bonds. The first kappa shape index (κ1) is 16.1. The average Bonchev–Trinajstić information content (AvgIpc) is 2.81. The second kappa shape index (κ2) is 5.86. The third-order valence-corrected chi connectivity index (χ3v) is 3.55. The third-order valence-electron chi connectivity index (χ3n) is 3.55. The van der Waals surface area contributed by atoms with E-state index in [4.69, 9.17) is 0 Å². The number of carbonyl (C=O) groups is 2. The Balaban J connectivity index is 2.11. The number of benzene rings is 1. The highest BCUT2D eigenvalue weighted by atomic mass is 19.4. The van der Waals surface area contributed by atoms with E-state index in [1.54, 1.807) is 0 Å². The van der Waals surface area contributed by atoms with Gasteiger partial charge >= 0.3 is 12.1 Å². The molecule has 0 aliphatic carbocycles. The Labute approximate surface area is 124 Å². The minimum absolute atomic E-state index is 0.115. The van der Waals surface area contributed by atoms with E-state index in [-0.39, 0.29) is 23.4 Å². The maximum atomic E-state index is 12.6. The first-order valence-electron chi connectivity index (χ1n) is 6.47. The second-order valence-corrected chi connectivity index (χ2v) is 5.05. The molecular formula is C14H14F3NO4. The maximum absolute atomic E-state index is 12.6. The molecule has 0 radical (unpaired) electrons. The summed E-state index contributed by atoms with van der Waals surface area (Å²) in [6.45, 7) is -0.570. The molecule has 1 unspecified atom stereocenters. The van der Waals surface area contributed by atoms with Gasteiger partial charge < -0.3 is 14.7 Å². The van der Waals surface area contributed by atoms with Crippen LogP contribution in [0.3, 0.4) is 0 Å². The van der Waals surface area contributed by atoms with Gasteiger partial charge in [-0.2, -0.15) is 13.2 Å². The summed E-state index contributed by atoms with van der Waals surface area (Å²) in [7, 11) is 1.19. The zero-order valence-corrected chi connectivity index (χ0v) is 11.7. The van der Waals surface area contributed by atoms with Gasteiger partial charge in [0, 0.05) is 25.1 Å². The number of hydrogen-bond donors (Lipinski definition) is 1. The highest BCUT2D eigenvalue weighted by molar-refractivity contribution is 5.89. The van der Waals surface area contributed by atoms with Crippen LogP contribution in [0.1, 0.15) is 22.3 Å². The molecular weight excluding hydrogens is 303 g/mol. The molecule has 0 saturated carbocycles. The van der Waals surface area contributed by atoms with E-state index < -0.39 is 36.9 Å². The number of phenolic OH excluding ortho intramolecular Hbond substituents is 1. The molecule has 0 aromatic heterocycles. The molecule has 22 heavy (non-hydrogen) atoms. The molecule has 1 heterocycles. The van der Waals surface area contributed by atoms with Crippen molar-refractivity contribution in [2.24, 2.45) is 5.92 Å². The van der Waals surface area contributed by atoms with Crippen LogP contribution in [-0.4, -0.2) is 41.7 Å². The second-order valence-electron chi connectivity index (χ2n) is 5.05. The zero-order valence-electron chi connectivity index (χ0n) is 11.7. The van der Waals surface area contributed by atoms with Crippen LogP contribution in [0.25, 0.3) is 0 Å². The van der Waals surface area contributed by atoms with E-state index in [2.05, 4.69) is 4.74 Å². The van der Waals surface area contributed by atoms with Crippen molar-refractivity contribution in [2.75, 3.05) is 13.7 Å². The molecule has 0 spiro atoms. The van der Waals surface area contributed by atoms with E-state index in [1.165, 1.54) is 19.2 Å². The number of halogens is 3. The van der Waals surface area contributed by atoms with Crippen molar-refractivity contribution in [3.63, 3.8) is 0 Å². The molecule has 1 aliphatic heterocycles. The molecule has 5 nitrogen and oxygen atoms in total. The quantitative estimate of drug-likeness (QED) is 0.867. The average molecular weight is 317 g/mol. The molecule has 0 bridgehead atoms. The van der Waals surface area contributed by atoms with Gasteiger partial charge in [-0.1, -0.05) is 6.07 Å². The number of methoxy groups -OCH3 is 1. The van der Waals surface area contributed by atoms with E-state index in [0.29, 0.717) is 0 Å². The van der Waals surface area contributed by atoms with Crippen LogP contribution in [0, 0.1) is 5.92 Å². The fraction of sp³-hybridized carbons (Fsp3) is 0.429. The Morgan fingerprint density at radius 3 is 2.64 bits per heavy atom. The molecule has 1 N–H and O–H groups in total. The number of carbonyl (C=O) groups excluding carboxylic acids is 2. The summed E-state index contributed by atoms with van der Waals surface area (Å²) in [4.78, 5) is 24.0. The lowest BCUT2D eigenvalue weighted by atomic mass is 10.1. The Kier molecular flexibility index (Phi) is 4.30. The first-order valence-corrected chi connectivity index (χ1v) is 6.47. The van der Waals surface area contributed by atoms with Crippen molar-refractivity contribution in [1.82, 2.24) is 4.90 Å². The highest BCUT2D eigenvalue weighted by Crippen LogP contribution is 2.35. The number of alkyl halides is 3. The monoisotopic (exact) mass is 317 g/mol. The van der Waals surface area contributed by atoms with Crippen LogP contribution < -0.4 is 0 Å². The van der Waals surface area contributed by atoms with Crippen LogP contribution in [-0.2, 0) is 16.1 Å². The van der Waals surface area contributed by atoms with Gasteiger partial charge in [-0.15, -0.1) is 0 Å². The molecule has 1 fully saturated rings. The summed E-state index contributed by atoms with van der Waals surface area (Å²) in [6.07, 6.45) is -4.99. The van der Waals surface area contributed by atoms with Crippen LogP contribution in [0.15, 0.2) is 18.2 Å². The minimum atomic E-state index is -4.42. The van der Waals surface area contributed by atoms with Crippen molar-refractivity contribution < 1.29 is 32.6 Å². The molecule has 8 heteroatoms. The zero-order chi connectivity index (χ0) is 16.5. The summed E-state index contributed by atoms with van der Waals surface area (Å²) >= 11 is 0. The first-order chi connectivity index (χ1) is 10.2. The Hall–Kier alpha value is -2.25. The van der Waals surface area contributed by atoms with E-state index in [9.17, 15) is 27.9 Å². The van der Waals surface area contributed by atoms with Gasteiger partial charge in [0.05, 0.1) is 18.6 Å².